The quantitative estimate of drug-likeness (QED) is 0.0994. The first kappa shape index (κ1) is 29.0. The molecule has 0 aliphatic heterocycles. The first-order chi connectivity index (χ1) is 17.3. The fourth-order valence-corrected chi connectivity index (χ4v) is 4.24. The summed E-state index contributed by atoms with van der Waals surface area (Å²) in [6.07, 6.45) is 25.6. The van der Waals surface area contributed by atoms with Gasteiger partial charge in [0.25, 0.3) is 0 Å². The maximum absolute atomic E-state index is 5.88. The van der Waals surface area contributed by atoms with Crippen LogP contribution in [0.2, 0.25) is 0 Å². The van der Waals surface area contributed by atoms with Crippen LogP contribution in [-0.4, -0.2) is 6.61 Å². The number of aromatic nitrogens is 1. The molecule has 0 unspecified atom stereocenters. The van der Waals surface area contributed by atoms with Gasteiger partial charge in [0.15, 0.2) is 12.4 Å². The Labute approximate surface area is 215 Å². The molecular weight excluding hydrogens is 430 g/mol. The van der Waals surface area contributed by atoms with Crippen LogP contribution in [0.5, 0.6) is 5.75 Å². The lowest BCUT2D eigenvalue weighted by molar-refractivity contribution is -0.697. The van der Waals surface area contributed by atoms with Gasteiger partial charge in [-0.25, -0.2) is 4.57 Å². The topological polar surface area (TPSA) is 37.8 Å². The summed E-state index contributed by atoms with van der Waals surface area (Å²) in [6, 6.07) is 12.0. The average Bonchev–Trinajstić information content (AvgIpc) is 2.89. The van der Waals surface area contributed by atoms with E-state index < -0.39 is 0 Å². The summed E-state index contributed by atoms with van der Waals surface area (Å²) < 4.78 is 8.12. The number of azo groups is 1. The standard InChI is InChI=1S/C31H50N3O/c1-3-5-7-9-11-13-15-17-25-34-26-23-30(24-27-34)33-32-29-19-21-31(22-20-29)35-28-18-16-14-12-10-8-6-4-2/h19-24,26-27H,3-18,25,28H2,1-2H3/q+1. The maximum Gasteiger partial charge on any atom is 0.171 e. The number of aryl methyl sites for hydroxylation is 1. The lowest BCUT2D eigenvalue weighted by atomic mass is 10.1. The molecule has 0 radical (unpaired) electrons. The van der Waals surface area contributed by atoms with Crippen LogP contribution in [0.1, 0.15) is 117 Å². The van der Waals surface area contributed by atoms with Crippen molar-refractivity contribution in [3.8, 4) is 5.75 Å². The van der Waals surface area contributed by atoms with E-state index in [4.69, 9.17) is 4.74 Å². The van der Waals surface area contributed by atoms with Gasteiger partial charge in [-0.15, -0.1) is 0 Å². The van der Waals surface area contributed by atoms with Gasteiger partial charge < -0.3 is 4.74 Å². The van der Waals surface area contributed by atoms with Gasteiger partial charge in [0.2, 0.25) is 0 Å². The van der Waals surface area contributed by atoms with Crippen molar-refractivity contribution in [2.75, 3.05) is 6.61 Å². The van der Waals surface area contributed by atoms with Crippen LogP contribution in [-0.2, 0) is 6.54 Å². The number of pyridine rings is 1. The largest absolute Gasteiger partial charge is 0.494 e. The summed E-state index contributed by atoms with van der Waals surface area (Å²) in [5.74, 6) is 0.911. The van der Waals surface area contributed by atoms with Gasteiger partial charge in [-0.3, -0.25) is 0 Å². The molecule has 1 aromatic carbocycles. The van der Waals surface area contributed by atoms with E-state index in [0.29, 0.717) is 0 Å². The summed E-state index contributed by atoms with van der Waals surface area (Å²) in [4.78, 5) is 0. The Morgan fingerprint density at radius 3 is 1.54 bits per heavy atom. The number of hydrogen-bond acceptors (Lipinski definition) is 3. The van der Waals surface area contributed by atoms with Crippen molar-refractivity contribution in [2.45, 2.75) is 123 Å². The van der Waals surface area contributed by atoms with Crippen LogP contribution < -0.4 is 9.30 Å². The molecule has 2 aromatic rings. The minimum absolute atomic E-state index is 0.790. The summed E-state index contributed by atoms with van der Waals surface area (Å²) in [7, 11) is 0. The second-order valence-corrected chi connectivity index (χ2v) is 9.79. The first-order valence-electron chi connectivity index (χ1n) is 14.5. The monoisotopic (exact) mass is 480 g/mol. The smallest absolute Gasteiger partial charge is 0.171 e. The lowest BCUT2D eigenvalue weighted by Gasteiger charge is -2.06. The van der Waals surface area contributed by atoms with Gasteiger partial charge in [0, 0.05) is 18.6 Å². The van der Waals surface area contributed by atoms with Crippen LogP contribution in [0.25, 0.3) is 0 Å². The van der Waals surface area contributed by atoms with Crippen molar-refractivity contribution in [1.29, 1.82) is 0 Å². The second-order valence-electron chi connectivity index (χ2n) is 9.79. The van der Waals surface area contributed by atoms with Crippen molar-refractivity contribution in [1.82, 2.24) is 0 Å². The number of hydrogen-bond donors (Lipinski definition) is 0. The van der Waals surface area contributed by atoms with Crippen LogP contribution in [0.15, 0.2) is 59.0 Å². The third kappa shape index (κ3) is 14.7. The highest BCUT2D eigenvalue weighted by Gasteiger charge is 2.01. The summed E-state index contributed by atoms with van der Waals surface area (Å²) in [6.45, 7) is 6.41. The van der Waals surface area contributed by atoms with E-state index in [1.165, 1.54) is 96.3 Å². The van der Waals surface area contributed by atoms with Crippen molar-refractivity contribution >= 4 is 11.4 Å². The minimum atomic E-state index is 0.790. The van der Waals surface area contributed by atoms with Gasteiger partial charge in [0.05, 0.1) is 18.0 Å². The highest BCUT2D eigenvalue weighted by Crippen LogP contribution is 2.21. The molecule has 0 aliphatic carbocycles. The van der Waals surface area contributed by atoms with Crippen molar-refractivity contribution in [3.05, 3.63) is 48.8 Å². The molecule has 0 saturated carbocycles. The Balaban J connectivity index is 1.58. The molecule has 0 aliphatic rings. The van der Waals surface area contributed by atoms with Gasteiger partial charge in [-0.1, -0.05) is 97.3 Å². The van der Waals surface area contributed by atoms with Crippen molar-refractivity contribution in [2.24, 2.45) is 10.2 Å². The molecule has 0 saturated heterocycles. The molecule has 0 spiro atoms. The summed E-state index contributed by atoms with van der Waals surface area (Å²) >= 11 is 0. The maximum atomic E-state index is 5.88. The Morgan fingerprint density at radius 1 is 0.543 bits per heavy atom. The molecule has 0 fully saturated rings. The highest BCUT2D eigenvalue weighted by molar-refractivity contribution is 5.42. The predicted molar refractivity (Wildman–Crippen MR) is 148 cm³/mol. The van der Waals surface area contributed by atoms with Gasteiger partial charge in [-0.2, -0.15) is 10.2 Å². The summed E-state index contributed by atoms with van der Waals surface area (Å²) in [5, 5.41) is 8.76. The molecule has 1 aromatic heterocycles. The van der Waals surface area contributed by atoms with Crippen LogP contribution >= 0.6 is 0 Å². The third-order valence-corrected chi connectivity index (χ3v) is 6.53. The van der Waals surface area contributed by atoms with E-state index in [2.05, 4.69) is 41.0 Å². The van der Waals surface area contributed by atoms with E-state index in [1.807, 2.05) is 36.4 Å². The Hall–Kier alpha value is -2.23. The van der Waals surface area contributed by atoms with E-state index in [1.54, 1.807) is 0 Å². The van der Waals surface area contributed by atoms with Gasteiger partial charge >= 0.3 is 0 Å². The Morgan fingerprint density at radius 2 is 1.00 bits per heavy atom. The molecule has 1 heterocycles. The van der Waals surface area contributed by atoms with E-state index in [0.717, 1.165) is 36.7 Å². The zero-order chi connectivity index (χ0) is 24.8. The first-order valence-corrected chi connectivity index (χ1v) is 14.5. The molecule has 0 bridgehead atoms. The molecule has 35 heavy (non-hydrogen) atoms. The van der Waals surface area contributed by atoms with Crippen LogP contribution in [0.4, 0.5) is 11.4 Å². The van der Waals surface area contributed by atoms with Gasteiger partial charge in [-0.05, 0) is 37.1 Å². The fourth-order valence-electron chi connectivity index (χ4n) is 4.24. The number of ether oxygens (including phenoxy) is 1. The number of nitrogens with zero attached hydrogens (tertiary/aromatic N) is 3. The van der Waals surface area contributed by atoms with Gasteiger partial charge in [0.1, 0.15) is 12.3 Å². The SMILES string of the molecule is CCCCCCCCCCOc1ccc(N=Nc2cc[n+](CCCCCCCCCC)cc2)cc1. The number of rotatable bonds is 21. The molecule has 0 amide bonds. The minimum Gasteiger partial charge on any atom is -0.494 e. The normalized spacial score (nSPS) is 11.4. The molecule has 4 nitrogen and oxygen atoms in total. The lowest BCUT2D eigenvalue weighted by Crippen LogP contribution is -2.32. The summed E-state index contributed by atoms with van der Waals surface area (Å²) in [5.41, 5.74) is 1.73. The Bertz CT molecular complexity index is 771. The van der Waals surface area contributed by atoms with E-state index >= 15 is 0 Å². The fraction of sp³-hybridized carbons (Fsp3) is 0.645. The molecular formula is C31H50N3O+. The molecule has 0 N–H and O–H groups in total. The van der Waals surface area contributed by atoms with Crippen molar-refractivity contribution in [3.63, 3.8) is 0 Å². The van der Waals surface area contributed by atoms with E-state index in [-0.39, 0.29) is 0 Å². The molecule has 0 atom stereocenters. The van der Waals surface area contributed by atoms with Crippen LogP contribution in [0, 0.1) is 0 Å². The molecule has 2 rings (SSSR count). The third-order valence-electron chi connectivity index (χ3n) is 6.53. The zero-order valence-corrected chi connectivity index (χ0v) is 22.6. The zero-order valence-electron chi connectivity index (χ0n) is 22.6. The second kappa shape index (κ2) is 20.0. The number of benzene rings is 1. The highest BCUT2D eigenvalue weighted by atomic mass is 16.5. The van der Waals surface area contributed by atoms with Crippen LogP contribution in [0.3, 0.4) is 0 Å². The Kier molecular flexibility index (Phi) is 16.6. The molecule has 194 valence electrons. The van der Waals surface area contributed by atoms with E-state index in [9.17, 15) is 0 Å². The molecule has 4 heteroatoms. The van der Waals surface area contributed by atoms with Crippen molar-refractivity contribution < 1.29 is 9.30 Å². The predicted octanol–water partition coefficient (Wildman–Crippen LogP) is 10.0. The number of unbranched alkanes of at least 4 members (excludes halogenated alkanes) is 14. The average molecular weight is 481 g/mol.